The van der Waals surface area contributed by atoms with Gasteiger partial charge in [-0.05, 0) is 107 Å². The van der Waals surface area contributed by atoms with Gasteiger partial charge in [0.15, 0.2) is 5.71 Å². The maximum atomic E-state index is 14.7. The number of nitrogens with one attached hydrogen (secondary N) is 2. The molecule has 0 radical (unpaired) electrons. The molecular formula is C48H37N5O6. The van der Waals surface area contributed by atoms with Crippen LogP contribution in [0.2, 0.25) is 0 Å². The first-order valence-corrected chi connectivity index (χ1v) is 18.7. The van der Waals surface area contributed by atoms with Crippen molar-refractivity contribution in [1.29, 1.82) is 0 Å². The van der Waals surface area contributed by atoms with Crippen LogP contribution in [0.1, 0.15) is 27.6 Å². The molecule has 0 atom stereocenters. The van der Waals surface area contributed by atoms with Crippen molar-refractivity contribution < 1.29 is 28.9 Å². The van der Waals surface area contributed by atoms with Crippen molar-refractivity contribution in [3.05, 3.63) is 144 Å². The Bertz CT molecular complexity index is 2980. The van der Waals surface area contributed by atoms with Gasteiger partial charge in [-0.3, -0.25) is 4.79 Å². The number of hydrogen-bond donors (Lipinski definition) is 3. The minimum absolute atomic E-state index is 0.0986. The van der Waals surface area contributed by atoms with Crippen molar-refractivity contribution in [2.24, 2.45) is 5.16 Å². The Hall–Kier alpha value is -7.92. The number of carbonyl (C=O) groups is 1. The summed E-state index contributed by atoms with van der Waals surface area (Å²) in [6, 6.07) is 38.3. The number of aromatic nitrogens is 4. The highest BCUT2D eigenvalue weighted by Crippen LogP contribution is 2.39. The summed E-state index contributed by atoms with van der Waals surface area (Å²) in [6.45, 7) is 0. The first kappa shape index (κ1) is 36.7. The smallest absolute Gasteiger partial charge is 0.236 e. The number of hydrogen-bond acceptors (Lipinski definition) is 9. The van der Waals surface area contributed by atoms with E-state index in [1.54, 1.807) is 28.4 Å². The molecule has 11 heteroatoms. The molecule has 0 amide bonds. The van der Waals surface area contributed by atoms with Gasteiger partial charge in [0.1, 0.15) is 34.4 Å². The number of nitrogens with zero attached hydrogens (tertiary/aromatic N) is 3. The zero-order chi connectivity index (χ0) is 40.6. The van der Waals surface area contributed by atoms with Crippen LogP contribution in [0, 0.1) is 0 Å². The average molecular weight is 780 g/mol. The van der Waals surface area contributed by atoms with E-state index in [0.29, 0.717) is 44.8 Å². The SMILES string of the molecule is COc1ccc(-c2c3nc(c(-c4ccc(OC)cc4)c4ccc([nH]4)c(-c4ccc(OC)cc4)c4nc(c(-c5ccc(OC)cc5)c5ccc2[nH]5)C(=O)/C4=N\O)C=C3)cc1. The van der Waals surface area contributed by atoms with E-state index < -0.39 is 5.78 Å². The summed E-state index contributed by atoms with van der Waals surface area (Å²) in [5, 5.41) is 14.2. The lowest BCUT2D eigenvalue weighted by Crippen LogP contribution is -2.10. The number of Topliss-reactive ketones (excluding diaryl/α,β-unsaturated/α-hetero) is 1. The van der Waals surface area contributed by atoms with Crippen LogP contribution in [-0.2, 0) is 0 Å². The molecule has 3 aromatic heterocycles. The number of rotatable bonds is 8. The molecule has 4 aromatic carbocycles. The summed E-state index contributed by atoms with van der Waals surface area (Å²) >= 11 is 0. The maximum absolute atomic E-state index is 14.7. The third kappa shape index (κ3) is 6.54. The highest BCUT2D eigenvalue weighted by molar-refractivity contribution is 6.54. The maximum Gasteiger partial charge on any atom is 0.236 e. The second kappa shape index (κ2) is 15.2. The van der Waals surface area contributed by atoms with Crippen molar-refractivity contribution >= 4 is 45.7 Å². The van der Waals surface area contributed by atoms with Crippen LogP contribution in [0.3, 0.4) is 0 Å². The number of carbonyl (C=O) groups excluding carboxylic acids is 1. The Morgan fingerprint density at radius 3 is 1.10 bits per heavy atom. The zero-order valence-corrected chi connectivity index (χ0v) is 32.5. The van der Waals surface area contributed by atoms with Gasteiger partial charge in [-0.2, -0.15) is 0 Å². The van der Waals surface area contributed by atoms with Gasteiger partial charge in [0, 0.05) is 44.3 Å². The molecule has 5 heterocycles. The van der Waals surface area contributed by atoms with Crippen molar-refractivity contribution in [2.75, 3.05) is 28.4 Å². The predicted molar refractivity (Wildman–Crippen MR) is 231 cm³/mol. The lowest BCUT2D eigenvalue weighted by atomic mass is 9.98. The molecule has 0 spiro atoms. The summed E-state index contributed by atoms with van der Waals surface area (Å²) in [5.41, 5.74) is 10.2. The Kier molecular flexibility index (Phi) is 9.46. The molecule has 2 aliphatic rings. The molecule has 59 heavy (non-hydrogen) atoms. The molecule has 11 nitrogen and oxygen atoms in total. The van der Waals surface area contributed by atoms with Crippen LogP contribution < -0.4 is 18.9 Å². The van der Waals surface area contributed by atoms with Crippen molar-refractivity contribution in [2.45, 2.75) is 0 Å². The van der Waals surface area contributed by atoms with Crippen LogP contribution in [-0.4, -0.2) is 65.1 Å². The van der Waals surface area contributed by atoms with E-state index in [0.717, 1.165) is 56.2 Å². The predicted octanol–water partition coefficient (Wildman–Crippen LogP) is 10.2. The molecule has 0 saturated heterocycles. The van der Waals surface area contributed by atoms with Crippen LogP contribution in [0.5, 0.6) is 23.0 Å². The summed E-state index contributed by atoms with van der Waals surface area (Å²) in [7, 11) is 6.47. The minimum atomic E-state index is -0.543. The fourth-order valence-corrected chi connectivity index (χ4v) is 7.64. The number of ketones is 1. The van der Waals surface area contributed by atoms with Gasteiger partial charge >= 0.3 is 0 Å². The minimum Gasteiger partial charge on any atom is -0.497 e. The second-order valence-electron chi connectivity index (χ2n) is 13.8. The molecule has 0 unspecified atom stereocenters. The molecule has 290 valence electrons. The van der Waals surface area contributed by atoms with Crippen LogP contribution in [0.4, 0.5) is 0 Å². The topological polar surface area (TPSA) is 144 Å². The fourth-order valence-electron chi connectivity index (χ4n) is 7.64. The van der Waals surface area contributed by atoms with Crippen molar-refractivity contribution in [3.8, 4) is 67.5 Å². The number of oxime groups is 1. The highest BCUT2D eigenvalue weighted by atomic mass is 16.5. The monoisotopic (exact) mass is 779 g/mol. The van der Waals surface area contributed by atoms with E-state index in [1.807, 2.05) is 133 Å². The summed E-state index contributed by atoms with van der Waals surface area (Å²) in [6.07, 6.45) is 4.03. The molecule has 9 rings (SSSR count). The lowest BCUT2D eigenvalue weighted by Gasteiger charge is -2.08. The van der Waals surface area contributed by atoms with E-state index in [-0.39, 0.29) is 17.1 Å². The van der Waals surface area contributed by atoms with Gasteiger partial charge in [-0.15, -0.1) is 0 Å². The normalized spacial score (nSPS) is 12.8. The lowest BCUT2D eigenvalue weighted by molar-refractivity contribution is 0.106. The first-order valence-electron chi connectivity index (χ1n) is 18.7. The largest absolute Gasteiger partial charge is 0.497 e. The molecule has 8 bridgehead atoms. The number of benzene rings is 4. The standard InChI is InChI=1S/C48H37N5O6/c1-56-31-13-5-27(6-14-31)41-35-21-22-36(49-35)42(28-7-15-32(57-2)16-8-28)38-24-26-40(51-38)44(30-11-19-34(59-4)20-12-30)46-48(54)47(53-55)45(52-46)43(39-25-23-37(41)50-39)29-9-17-33(58-3)18-10-29/h5-26,50-51,55H,1-4H3/b41-35?,41-37?,42-36?,42-38?,43-39?,44-40?,45-43?,46-44?,53-47-. The van der Waals surface area contributed by atoms with Crippen LogP contribution in [0.25, 0.3) is 78.7 Å². The van der Waals surface area contributed by atoms with Gasteiger partial charge in [-0.1, -0.05) is 53.7 Å². The van der Waals surface area contributed by atoms with E-state index >= 15 is 0 Å². The van der Waals surface area contributed by atoms with E-state index in [4.69, 9.17) is 28.9 Å². The van der Waals surface area contributed by atoms with Gasteiger partial charge in [0.05, 0.1) is 39.8 Å². The van der Waals surface area contributed by atoms with E-state index in [9.17, 15) is 10.0 Å². The molecule has 3 N–H and O–H groups in total. The van der Waals surface area contributed by atoms with Gasteiger partial charge in [0.2, 0.25) is 5.78 Å². The Morgan fingerprint density at radius 1 is 0.441 bits per heavy atom. The Labute approximate surface area is 338 Å². The number of ether oxygens (including phenoxy) is 4. The number of aromatic amines is 2. The van der Waals surface area contributed by atoms with Crippen LogP contribution >= 0.6 is 0 Å². The highest BCUT2D eigenvalue weighted by Gasteiger charge is 2.33. The van der Waals surface area contributed by atoms with Gasteiger partial charge < -0.3 is 34.1 Å². The fraction of sp³-hybridized carbons (Fsp3) is 0.0833. The van der Waals surface area contributed by atoms with Gasteiger partial charge in [0.25, 0.3) is 0 Å². The van der Waals surface area contributed by atoms with Gasteiger partial charge in [-0.25, -0.2) is 9.97 Å². The average Bonchev–Trinajstić information content (AvgIpc) is 4.12. The number of fused-ring (bicyclic) bond motifs is 8. The Balaban J connectivity index is 1.48. The second-order valence-corrected chi connectivity index (χ2v) is 13.8. The van der Waals surface area contributed by atoms with E-state index in [1.165, 1.54) is 0 Å². The third-order valence-corrected chi connectivity index (χ3v) is 10.6. The summed E-state index contributed by atoms with van der Waals surface area (Å²) < 4.78 is 22.0. The quantitative estimate of drug-likeness (QED) is 0.102. The molecule has 7 aromatic rings. The van der Waals surface area contributed by atoms with Crippen molar-refractivity contribution in [3.63, 3.8) is 0 Å². The first-order chi connectivity index (χ1) is 28.9. The molecule has 0 aliphatic carbocycles. The van der Waals surface area contributed by atoms with Crippen LogP contribution in [0.15, 0.2) is 126 Å². The van der Waals surface area contributed by atoms with E-state index in [2.05, 4.69) is 15.1 Å². The summed E-state index contributed by atoms with van der Waals surface area (Å²) in [5.74, 6) is 2.19. The molecule has 0 saturated carbocycles. The zero-order valence-electron chi connectivity index (χ0n) is 32.5. The Morgan fingerprint density at radius 2 is 0.763 bits per heavy atom. The molecule has 0 fully saturated rings. The third-order valence-electron chi connectivity index (χ3n) is 10.6. The number of methoxy groups -OCH3 is 4. The summed E-state index contributed by atoms with van der Waals surface area (Å²) in [4.78, 5) is 32.3. The number of H-pyrrole nitrogens is 2. The van der Waals surface area contributed by atoms with Crippen molar-refractivity contribution in [1.82, 2.24) is 19.9 Å². The molecular weight excluding hydrogens is 743 g/mol. The molecule has 2 aliphatic heterocycles.